The second-order valence-electron chi connectivity index (χ2n) is 5.84. The van der Waals surface area contributed by atoms with E-state index in [4.69, 9.17) is 14.1 Å². The SMILES string of the molecule is c1ccc(-c2nc(SC[C@H]3CCCO3)oc2-c2ccccc2)cc1. The second-order valence-corrected chi connectivity index (χ2v) is 6.81. The summed E-state index contributed by atoms with van der Waals surface area (Å²) in [6.07, 6.45) is 2.61. The van der Waals surface area contributed by atoms with E-state index in [2.05, 4.69) is 24.3 Å². The van der Waals surface area contributed by atoms with E-state index in [0.29, 0.717) is 11.3 Å². The Morgan fingerprint density at radius 1 is 0.958 bits per heavy atom. The van der Waals surface area contributed by atoms with Gasteiger partial charge >= 0.3 is 0 Å². The summed E-state index contributed by atoms with van der Waals surface area (Å²) < 4.78 is 11.8. The van der Waals surface area contributed by atoms with E-state index < -0.39 is 0 Å². The summed E-state index contributed by atoms with van der Waals surface area (Å²) in [5, 5.41) is 0.711. The van der Waals surface area contributed by atoms with E-state index >= 15 is 0 Å². The van der Waals surface area contributed by atoms with Crippen molar-refractivity contribution in [2.75, 3.05) is 12.4 Å². The summed E-state index contributed by atoms with van der Waals surface area (Å²) in [5.74, 6) is 1.72. The summed E-state index contributed by atoms with van der Waals surface area (Å²) in [4.78, 5) is 4.76. The van der Waals surface area contributed by atoms with E-state index in [1.807, 2.05) is 36.4 Å². The number of ether oxygens (including phenoxy) is 1. The number of oxazole rings is 1. The van der Waals surface area contributed by atoms with Gasteiger partial charge in [0.2, 0.25) is 0 Å². The Balaban J connectivity index is 1.65. The molecule has 2 aromatic carbocycles. The van der Waals surface area contributed by atoms with Crippen molar-refractivity contribution in [3.63, 3.8) is 0 Å². The molecular weight excluding hydrogens is 318 g/mol. The molecule has 1 saturated heterocycles. The Morgan fingerprint density at radius 2 is 1.67 bits per heavy atom. The first-order chi connectivity index (χ1) is 11.9. The third kappa shape index (κ3) is 3.40. The molecule has 0 amide bonds. The molecule has 3 nitrogen and oxygen atoms in total. The van der Waals surface area contributed by atoms with Crippen molar-refractivity contribution >= 4 is 11.8 Å². The lowest BCUT2D eigenvalue weighted by Crippen LogP contribution is -2.07. The van der Waals surface area contributed by atoms with Gasteiger partial charge in [-0.3, -0.25) is 0 Å². The third-order valence-corrected chi connectivity index (χ3v) is 5.07. The molecule has 3 aromatic rings. The van der Waals surface area contributed by atoms with Gasteiger partial charge in [0, 0.05) is 23.5 Å². The van der Waals surface area contributed by atoms with E-state index in [0.717, 1.165) is 47.8 Å². The number of rotatable bonds is 5. The van der Waals surface area contributed by atoms with Crippen molar-refractivity contribution in [1.82, 2.24) is 4.98 Å². The quantitative estimate of drug-likeness (QED) is 0.593. The lowest BCUT2D eigenvalue weighted by molar-refractivity contribution is 0.128. The van der Waals surface area contributed by atoms with Gasteiger partial charge in [-0.2, -0.15) is 0 Å². The Labute approximate surface area is 146 Å². The van der Waals surface area contributed by atoms with Gasteiger partial charge < -0.3 is 9.15 Å². The minimum atomic E-state index is 0.322. The Kier molecular flexibility index (Phi) is 4.67. The molecule has 0 radical (unpaired) electrons. The summed E-state index contributed by atoms with van der Waals surface area (Å²) in [6.45, 7) is 0.876. The first kappa shape index (κ1) is 15.5. The van der Waals surface area contributed by atoms with Crippen molar-refractivity contribution < 1.29 is 9.15 Å². The minimum Gasteiger partial charge on any atom is -0.431 e. The molecular formula is C20H19NO2S. The predicted molar refractivity (Wildman–Crippen MR) is 97.1 cm³/mol. The van der Waals surface area contributed by atoms with Gasteiger partial charge in [0.1, 0.15) is 5.69 Å². The van der Waals surface area contributed by atoms with Crippen LogP contribution in [0.25, 0.3) is 22.6 Å². The average Bonchev–Trinajstić information content (AvgIpc) is 3.31. The molecule has 0 N–H and O–H groups in total. The lowest BCUT2D eigenvalue weighted by Gasteiger charge is -2.05. The van der Waals surface area contributed by atoms with Crippen LogP contribution in [0.4, 0.5) is 0 Å². The second kappa shape index (κ2) is 7.24. The Hall–Kier alpha value is -2.04. The first-order valence-electron chi connectivity index (χ1n) is 8.26. The van der Waals surface area contributed by atoms with E-state index in [-0.39, 0.29) is 0 Å². The van der Waals surface area contributed by atoms with Gasteiger partial charge in [0.05, 0.1) is 6.10 Å². The van der Waals surface area contributed by atoms with E-state index in [9.17, 15) is 0 Å². The van der Waals surface area contributed by atoms with Crippen molar-refractivity contribution in [1.29, 1.82) is 0 Å². The summed E-state index contributed by atoms with van der Waals surface area (Å²) in [6, 6.07) is 20.4. The zero-order chi connectivity index (χ0) is 16.2. The van der Waals surface area contributed by atoms with Gasteiger partial charge in [-0.15, -0.1) is 0 Å². The molecule has 4 heteroatoms. The maximum atomic E-state index is 6.11. The van der Waals surface area contributed by atoms with Crippen LogP contribution in [0.1, 0.15) is 12.8 Å². The number of thioether (sulfide) groups is 1. The van der Waals surface area contributed by atoms with Crippen LogP contribution < -0.4 is 0 Å². The van der Waals surface area contributed by atoms with Crippen LogP contribution in [0, 0.1) is 0 Å². The highest BCUT2D eigenvalue weighted by Crippen LogP contribution is 2.36. The van der Waals surface area contributed by atoms with E-state index in [1.54, 1.807) is 11.8 Å². The van der Waals surface area contributed by atoms with Gasteiger partial charge in [-0.1, -0.05) is 72.4 Å². The maximum Gasteiger partial charge on any atom is 0.256 e. The molecule has 1 aromatic heterocycles. The highest BCUT2D eigenvalue weighted by molar-refractivity contribution is 7.99. The highest BCUT2D eigenvalue weighted by atomic mass is 32.2. The molecule has 0 saturated carbocycles. The van der Waals surface area contributed by atoms with Crippen molar-refractivity contribution in [2.45, 2.75) is 24.2 Å². The number of aromatic nitrogens is 1. The number of benzene rings is 2. The molecule has 0 aliphatic carbocycles. The number of hydrogen-bond donors (Lipinski definition) is 0. The average molecular weight is 337 g/mol. The zero-order valence-corrected chi connectivity index (χ0v) is 14.2. The van der Waals surface area contributed by atoms with E-state index in [1.165, 1.54) is 0 Å². The summed E-state index contributed by atoms with van der Waals surface area (Å²) in [5.41, 5.74) is 3.02. The van der Waals surface area contributed by atoms with Gasteiger partial charge in [-0.25, -0.2) is 4.98 Å². The topological polar surface area (TPSA) is 35.3 Å². The molecule has 2 heterocycles. The minimum absolute atomic E-state index is 0.322. The zero-order valence-electron chi connectivity index (χ0n) is 13.4. The molecule has 0 unspecified atom stereocenters. The smallest absolute Gasteiger partial charge is 0.256 e. The predicted octanol–water partition coefficient (Wildman–Crippen LogP) is 5.28. The fourth-order valence-electron chi connectivity index (χ4n) is 2.88. The Bertz CT molecular complexity index is 723. The molecule has 122 valence electrons. The van der Waals surface area contributed by atoms with Gasteiger partial charge in [0.15, 0.2) is 5.76 Å². The largest absolute Gasteiger partial charge is 0.431 e. The molecule has 1 atom stereocenters. The Morgan fingerprint density at radius 3 is 2.33 bits per heavy atom. The first-order valence-corrected chi connectivity index (χ1v) is 9.25. The van der Waals surface area contributed by atoms with Crippen molar-refractivity contribution in [3.05, 3.63) is 60.7 Å². The van der Waals surface area contributed by atoms with Crippen LogP contribution in [-0.4, -0.2) is 23.4 Å². The monoisotopic (exact) mass is 337 g/mol. The summed E-state index contributed by atoms with van der Waals surface area (Å²) >= 11 is 1.64. The number of nitrogens with zero attached hydrogens (tertiary/aromatic N) is 1. The van der Waals surface area contributed by atoms with Crippen LogP contribution >= 0.6 is 11.8 Å². The van der Waals surface area contributed by atoms with Crippen LogP contribution in [-0.2, 0) is 4.74 Å². The molecule has 1 aliphatic heterocycles. The molecule has 0 spiro atoms. The number of hydrogen-bond acceptors (Lipinski definition) is 4. The van der Waals surface area contributed by atoms with Crippen LogP contribution in [0.5, 0.6) is 0 Å². The molecule has 1 fully saturated rings. The molecule has 4 rings (SSSR count). The lowest BCUT2D eigenvalue weighted by atomic mass is 10.1. The van der Waals surface area contributed by atoms with Gasteiger partial charge in [0.25, 0.3) is 5.22 Å². The van der Waals surface area contributed by atoms with Gasteiger partial charge in [-0.05, 0) is 12.8 Å². The molecule has 24 heavy (non-hydrogen) atoms. The van der Waals surface area contributed by atoms with Crippen molar-refractivity contribution in [3.8, 4) is 22.6 Å². The fraction of sp³-hybridized carbons (Fsp3) is 0.250. The highest BCUT2D eigenvalue weighted by Gasteiger charge is 2.20. The fourth-order valence-corrected chi connectivity index (χ4v) is 3.77. The molecule has 0 bridgehead atoms. The van der Waals surface area contributed by atoms with Crippen LogP contribution in [0.15, 0.2) is 70.3 Å². The van der Waals surface area contributed by atoms with Crippen LogP contribution in [0.2, 0.25) is 0 Å². The maximum absolute atomic E-state index is 6.11. The summed E-state index contributed by atoms with van der Waals surface area (Å²) in [7, 11) is 0. The van der Waals surface area contributed by atoms with Crippen molar-refractivity contribution in [2.24, 2.45) is 0 Å². The third-order valence-electron chi connectivity index (χ3n) is 4.11. The normalized spacial score (nSPS) is 17.2. The standard InChI is InChI=1S/C20H19NO2S/c1-3-8-15(9-4-1)18-19(16-10-5-2-6-11-16)23-20(21-18)24-14-17-12-7-13-22-17/h1-6,8-11,17H,7,12-14H2/t17-/m1/s1. The molecule has 1 aliphatic rings. The van der Waals surface area contributed by atoms with Crippen LogP contribution in [0.3, 0.4) is 0 Å².